The van der Waals surface area contributed by atoms with Crippen LogP contribution < -0.4 is 0 Å². The molecule has 3 saturated carbocycles. The molecule has 0 saturated heterocycles. The summed E-state index contributed by atoms with van der Waals surface area (Å²) in [5.74, 6) is 2.03. The zero-order valence-corrected chi connectivity index (χ0v) is 20.2. The fraction of sp³-hybridized carbons (Fsp3) is 0.815. The molecular weight excluding hydrogens is 388 g/mol. The van der Waals surface area contributed by atoms with Crippen LogP contribution in [0.5, 0.6) is 0 Å². The Balaban J connectivity index is 1.66. The molecule has 172 valence electrons. The number of esters is 1. The van der Waals surface area contributed by atoms with Gasteiger partial charge in [-0.1, -0.05) is 34.1 Å². The van der Waals surface area contributed by atoms with Crippen LogP contribution in [0.15, 0.2) is 16.7 Å². The predicted molar refractivity (Wildman–Crippen MR) is 119 cm³/mol. The van der Waals surface area contributed by atoms with E-state index >= 15 is 0 Å². The maximum absolute atomic E-state index is 12.2. The molecule has 4 aliphatic carbocycles. The van der Waals surface area contributed by atoms with E-state index in [1.807, 2.05) is 6.07 Å². The lowest BCUT2D eigenvalue weighted by Crippen LogP contribution is -2.67. The summed E-state index contributed by atoms with van der Waals surface area (Å²) in [6.07, 6.45) is 8.85. The quantitative estimate of drug-likeness (QED) is 0.543. The molecule has 4 heteroatoms. The second-order valence-corrected chi connectivity index (χ2v) is 12.6. The van der Waals surface area contributed by atoms with Gasteiger partial charge in [0.25, 0.3) is 0 Å². The normalized spacial score (nSPS) is 48.0. The van der Waals surface area contributed by atoms with Gasteiger partial charge in [-0.3, -0.25) is 4.79 Å². The summed E-state index contributed by atoms with van der Waals surface area (Å²) in [5, 5.41) is 11.1. The molecule has 0 aromatic carbocycles. The topological polar surface area (TPSA) is 59.7 Å². The highest BCUT2D eigenvalue weighted by molar-refractivity contribution is 5.66. The summed E-state index contributed by atoms with van der Waals surface area (Å²) in [4.78, 5) is 12.2. The summed E-state index contributed by atoms with van der Waals surface area (Å²) in [6.45, 7) is 13.7. The molecule has 0 spiro atoms. The predicted octanol–water partition coefficient (Wildman–Crippen LogP) is 6.17. The van der Waals surface area contributed by atoms with Gasteiger partial charge in [0.05, 0.1) is 17.8 Å². The van der Waals surface area contributed by atoms with Crippen molar-refractivity contribution in [3.63, 3.8) is 0 Å². The number of carbonyl (C=O) groups excluding carboxylic acids is 1. The standard InChI is InChI=1S/C27H40O4/c1-16(28)31-22-15-20-25(4)11-7-10-24(2,3)19(25)8-12-26(20,5)21-14-18(29)17-9-13-30-23(17)27(21,22)6/h9,13,18-22,29H,7-8,10-12,14-15H2,1-6H3/t18-,19-,20+,21-,22-,25-,26+,27+/m0/s1. The number of rotatable bonds is 1. The number of hydrogen-bond donors (Lipinski definition) is 1. The van der Waals surface area contributed by atoms with E-state index in [1.165, 1.54) is 39.0 Å². The highest BCUT2D eigenvalue weighted by Crippen LogP contribution is 2.73. The number of carbonyl (C=O) groups is 1. The smallest absolute Gasteiger partial charge is 0.302 e. The van der Waals surface area contributed by atoms with Crippen molar-refractivity contribution < 1.29 is 19.1 Å². The van der Waals surface area contributed by atoms with Crippen molar-refractivity contribution in [3.8, 4) is 0 Å². The molecule has 0 aliphatic heterocycles. The lowest BCUT2D eigenvalue weighted by Gasteiger charge is -2.69. The van der Waals surface area contributed by atoms with E-state index in [9.17, 15) is 9.90 Å². The zero-order chi connectivity index (χ0) is 22.4. The van der Waals surface area contributed by atoms with Gasteiger partial charge in [0.2, 0.25) is 0 Å². The Labute approximate surface area is 187 Å². The third kappa shape index (κ3) is 2.72. The molecule has 31 heavy (non-hydrogen) atoms. The molecule has 1 aromatic rings. The van der Waals surface area contributed by atoms with Crippen LogP contribution in [0, 0.1) is 34.0 Å². The summed E-state index contributed by atoms with van der Waals surface area (Å²) in [7, 11) is 0. The van der Waals surface area contributed by atoms with Gasteiger partial charge >= 0.3 is 5.97 Å². The van der Waals surface area contributed by atoms with Crippen LogP contribution in [0.3, 0.4) is 0 Å². The third-order valence-electron chi connectivity index (χ3n) is 10.8. The molecule has 3 fully saturated rings. The van der Waals surface area contributed by atoms with Gasteiger partial charge in [-0.15, -0.1) is 0 Å². The second-order valence-electron chi connectivity index (χ2n) is 12.6. The molecule has 0 bridgehead atoms. The van der Waals surface area contributed by atoms with Gasteiger partial charge in [0.1, 0.15) is 11.9 Å². The minimum atomic E-state index is -0.506. The number of ether oxygens (including phenoxy) is 1. The number of hydrogen-bond acceptors (Lipinski definition) is 4. The van der Waals surface area contributed by atoms with Crippen LogP contribution in [-0.2, 0) is 14.9 Å². The van der Waals surface area contributed by atoms with Crippen LogP contribution in [0.25, 0.3) is 0 Å². The fourth-order valence-corrected chi connectivity index (χ4v) is 9.57. The third-order valence-corrected chi connectivity index (χ3v) is 10.8. The monoisotopic (exact) mass is 428 g/mol. The Morgan fingerprint density at radius 1 is 1.03 bits per heavy atom. The minimum absolute atomic E-state index is 0.0928. The van der Waals surface area contributed by atoms with Crippen LogP contribution >= 0.6 is 0 Å². The van der Waals surface area contributed by atoms with Gasteiger partial charge in [-0.25, -0.2) is 0 Å². The molecule has 0 amide bonds. The molecule has 4 aliphatic rings. The van der Waals surface area contributed by atoms with E-state index in [1.54, 1.807) is 6.26 Å². The lowest BCUT2D eigenvalue weighted by molar-refractivity contribution is -0.223. The van der Waals surface area contributed by atoms with E-state index in [-0.39, 0.29) is 28.8 Å². The van der Waals surface area contributed by atoms with Crippen molar-refractivity contribution in [2.45, 2.75) is 104 Å². The van der Waals surface area contributed by atoms with Gasteiger partial charge in [-0.05, 0) is 85.5 Å². The lowest BCUT2D eigenvalue weighted by atomic mass is 9.35. The second kappa shape index (κ2) is 6.62. The Bertz CT molecular complexity index is 886. The van der Waals surface area contributed by atoms with E-state index < -0.39 is 11.5 Å². The summed E-state index contributed by atoms with van der Waals surface area (Å²) >= 11 is 0. The van der Waals surface area contributed by atoms with Crippen molar-refractivity contribution in [1.29, 1.82) is 0 Å². The Morgan fingerprint density at radius 2 is 1.74 bits per heavy atom. The van der Waals surface area contributed by atoms with Crippen LogP contribution in [0.2, 0.25) is 0 Å². The van der Waals surface area contributed by atoms with Gasteiger partial charge in [0.15, 0.2) is 0 Å². The van der Waals surface area contributed by atoms with E-state index in [0.717, 1.165) is 24.2 Å². The van der Waals surface area contributed by atoms with Crippen LogP contribution in [0.1, 0.15) is 104 Å². The molecule has 5 rings (SSSR count). The first-order valence-corrected chi connectivity index (χ1v) is 12.4. The average Bonchev–Trinajstić information content (AvgIpc) is 3.16. The highest BCUT2D eigenvalue weighted by Gasteiger charge is 2.69. The first-order valence-electron chi connectivity index (χ1n) is 12.4. The molecule has 0 unspecified atom stereocenters. The van der Waals surface area contributed by atoms with Gasteiger partial charge in [-0.2, -0.15) is 0 Å². The molecule has 8 atom stereocenters. The SMILES string of the molecule is CC(=O)O[C@H]1C[C@@H]2[C@@]3(C)CCCC(C)(C)[C@@H]3CC[C@@]2(C)[C@@H]2C[C@H](O)c3ccoc3[C@@]12C. The van der Waals surface area contributed by atoms with E-state index in [4.69, 9.17) is 9.15 Å². The first kappa shape index (κ1) is 21.6. The maximum atomic E-state index is 12.2. The number of aliphatic hydroxyl groups excluding tert-OH is 1. The molecule has 4 nitrogen and oxygen atoms in total. The Morgan fingerprint density at radius 3 is 2.45 bits per heavy atom. The van der Waals surface area contributed by atoms with Crippen molar-refractivity contribution in [3.05, 3.63) is 23.7 Å². The van der Waals surface area contributed by atoms with Crippen molar-refractivity contribution in [2.75, 3.05) is 0 Å². The average molecular weight is 429 g/mol. The first-order chi connectivity index (χ1) is 14.4. The van der Waals surface area contributed by atoms with Crippen molar-refractivity contribution >= 4 is 5.97 Å². The largest absolute Gasteiger partial charge is 0.468 e. The fourth-order valence-electron chi connectivity index (χ4n) is 9.57. The highest BCUT2D eigenvalue weighted by atomic mass is 16.5. The van der Waals surface area contributed by atoms with Crippen molar-refractivity contribution in [2.24, 2.45) is 34.0 Å². The minimum Gasteiger partial charge on any atom is -0.468 e. The number of furan rings is 1. The molecule has 1 aromatic heterocycles. The van der Waals surface area contributed by atoms with E-state index in [2.05, 4.69) is 34.6 Å². The summed E-state index contributed by atoms with van der Waals surface area (Å²) < 4.78 is 12.2. The molecule has 1 heterocycles. The molecular formula is C27H40O4. The number of fused-ring (bicyclic) bond motifs is 7. The van der Waals surface area contributed by atoms with E-state index in [0.29, 0.717) is 17.3 Å². The van der Waals surface area contributed by atoms with Crippen LogP contribution in [0.4, 0.5) is 0 Å². The zero-order valence-electron chi connectivity index (χ0n) is 20.2. The Hall–Kier alpha value is -1.29. The van der Waals surface area contributed by atoms with Gasteiger partial charge < -0.3 is 14.3 Å². The molecule has 0 radical (unpaired) electrons. The summed E-state index contributed by atoms with van der Waals surface area (Å²) in [6, 6.07) is 1.91. The van der Waals surface area contributed by atoms with Crippen LogP contribution in [-0.4, -0.2) is 17.2 Å². The molecule has 1 N–H and O–H groups in total. The van der Waals surface area contributed by atoms with Crippen molar-refractivity contribution in [1.82, 2.24) is 0 Å². The number of aliphatic hydroxyl groups is 1. The van der Waals surface area contributed by atoms with Gasteiger partial charge in [0, 0.05) is 12.5 Å². The summed E-state index contributed by atoms with van der Waals surface area (Å²) in [5.41, 5.74) is 1.17. The maximum Gasteiger partial charge on any atom is 0.302 e. The Kier molecular flexibility index (Phi) is 4.60.